The molecule has 2 unspecified atom stereocenters. The Hall–Kier alpha value is -2.88. The van der Waals surface area contributed by atoms with E-state index in [9.17, 15) is 9.59 Å². The van der Waals surface area contributed by atoms with E-state index in [-0.39, 0.29) is 11.8 Å². The molecule has 4 nitrogen and oxygen atoms in total. The summed E-state index contributed by atoms with van der Waals surface area (Å²) in [5, 5.41) is 6.05. The fraction of sp³-hybridized carbons (Fsp3) is 0.333. The van der Waals surface area contributed by atoms with E-state index in [2.05, 4.69) is 31.1 Å². The van der Waals surface area contributed by atoms with Crippen LogP contribution in [0.5, 0.6) is 0 Å². The van der Waals surface area contributed by atoms with Crippen LogP contribution in [0, 0.1) is 25.7 Å². The molecule has 2 aromatic rings. The third-order valence-electron chi connectivity index (χ3n) is 5.56. The lowest BCUT2D eigenvalue weighted by atomic mass is 10.1. The van der Waals surface area contributed by atoms with Crippen LogP contribution in [0.25, 0.3) is 0 Å². The fourth-order valence-electron chi connectivity index (χ4n) is 3.76. The first-order valence-corrected chi connectivity index (χ1v) is 9.86. The number of carbonyl (C=O) groups excluding carboxylic acids is 2. The SMILES string of the molecule is C=C1C(C(=O)Nc2c(C)cccc2CC)C1C(=O)Nc1c(C)cccc1CC. The molecule has 2 atom stereocenters. The van der Waals surface area contributed by atoms with Crippen molar-refractivity contribution in [3.8, 4) is 0 Å². The molecule has 4 heteroatoms. The first kappa shape index (κ1) is 19.9. The van der Waals surface area contributed by atoms with Gasteiger partial charge in [-0.15, -0.1) is 0 Å². The van der Waals surface area contributed by atoms with Crippen molar-refractivity contribution < 1.29 is 9.59 Å². The highest BCUT2D eigenvalue weighted by Crippen LogP contribution is 2.46. The van der Waals surface area contributed by atoms with E-state index >= 15 is 0 Å². The van der Waals surface area contributed by atoms with Gasteiger partial charge in [0, 0.05) is 11.4 Å². The molecule has 1 saturated carbocycles. The molecular formula is C24H28N2O2. The van der Waals surface area contributed by atoms with Crippen molar-refractivity contribution >= 4 is 23.2 Å². The van der Waals surface area contributed by atoms with Crippen LogP contribution < -0.4 is 10.6 Å². The van der Waals surface area contributed by atoms with Crippen molar-refractivity contribution in [1.82, 2.24) is 0 Å². The van der Waals surface area contributed by atoms with E-state index in [1.807, 2.05) is 50.2 Å². The molecule has 2 aromatic carbocycles. The van der Waals surface area contributed by atoms with Crippen LogP contribution >= 0.6 is 0 Å². The third kappa shape index (κ3) is 3.72. The summed E-state index contributed by atoms with van der Waals surface area (Å²) in [5.74, 6) is -1.26. The number of anilines is 2. The molecule has 0 aliphatic heterocycles. The largest absolute Gasteiger partial charge is 0.325 e. The maximum absolute atomic E-state index is 12.8. The van der Waals surface area contributed by atoms with Crippen LogP contribution in [-0.4, -0.2) is 11.8 Å². The zero-order valence-corrected chi connectivity index (χ0v) is 17.1. The van der Waals surface area contributed by atoms with Gasteiger partial charge in [-0.3, -0.25) is 9.59 Å². The van der Waals surface area contributed by atoms with Crippen LogP contribution in [0.15, 0.2) is 48.6 Å². The van der Waals surface area contributed by atoms with Gasteiger partial charge in [0.05, 0.1) is 11.8 Å². The number of para-hydroxylation sites is 2. The maximum atomic E-state index is 12.8. The molecule has 2 N–H and O–H groups in total. The van der Waals surface area contributed by atoms with Crippen molar-refractivity contribution in [2.24, 2.45) is 11.8 Å². The number of aryl methyl sites for hydroxylation is 4. The normalized spacial score (nSPS) is 17.9. The minimum Gasteiger partial charge on any atom is -0.325 e. The molecule has 2 amide bonds. The number of amides is 2. The van der Waals surface area contributed by atoms with Crippen LogP contribution in [-0.2, 0) is 22.4 Å². The standard InChI is InChI=1S/C24H28N2O2/c1-6-17-12-8-10-14(3)21(17)25-23(27)19-16(5)20(19)24(28)26-22-15(4)11-9-13-18(22)7-2/h8-13,19-20H,5-7H2,1-4H3,(H,25,27)(H,26,28). The second-order valence-electron chi connectivity index (χ2n) is 7.43. The van der Waals surface area contributed by atoms with E-state index in [1.54, 1.807) is 0 Å². The zero-order valence-electron chi connectivity index (χ0n) is 17.1. The molecule has 0 bridgehead atoms. The highest BCUT2D eigenvalue weighted by Gasteiger charge is 2.52. The second-order valence-corrected chi connectivity index (χ2v) is 7.43. The molecule has 3 rings (SSSR count). The van der Waals surface area contributed by atoms with Crippen molar-refractivity contribution in [2.75, 3.05) is 10.6 Å². The lowest BCUT2D eigenvalue weighted by Crippen LogP contribution is -2.22. The van der Waals surface area contributed by atoms with Crippen molar-refractivity contribution in [1.29, 1.82) is 0 Å². The molecule has 1 fully saturated rings. The Kier molecular flexibility index (Phi) is 5.68. The Balaban J connectivity index is 1.73. The number of benzene rings is 2. The molecule has 0 radical (unpaired) electrons. The summed E-state index contributed by atoms with van der Waals surface area (Å²) >= 11 is 0. The molecule has 28 heavy (non-hydrogen) atoms. The summed E-state index contributed by atoms with van der Waals surface area (Å²) < 4.78 is 0. The van der Waals surface area contributed by atoms with Crippen molar-refractivity contribution in [3.63, 3.8) is 0 Å². The van der Waals surface area contributed by atoms with Gasteiger partial charge in [0.2, 0.25) is 11.8 Å². The number of hydrogen-bond donors (Lipinski definition) is 2. The minimum atomic E-state index is -0.474. The van der Waals surface area contributed by atoms with Crippen LogP contribution in [0.1, 0.15) is 36.1 Å². The average Bonchev–Trinajstić information content (AvgIpc) is 3.36. The van der Waals surface area contributed by atoms with Crippen molar-refractivity contribution in [2.45, 2.75) is 40.5 Å². The quantitative estimate of drug-likeness (QED) is 0.711. The smallest absolute Gasteiger partial charge is 0.232 e. The van der Waals surface area contributed by atoms with Gasteiger partial charge in [-0.05, 0) is 48.9 Å². The summed E-state index contributed by atoms with van der Waals surface area (Å²) in [5.41, 5.74) is 6.59. The molecule has 0 heterocycles. The third-order valence-corrected chi connectivity index (χ3v) is 5.56. The van der Waals surface area contributed by atoms with Gasteiger partial charge in [0.1, 0.15) is 0 Å². The van der Waals surface area contributed by atoms with E-state index in [0.717, 1.165) is 46.5 Å². The molecule has 0 aromatic heterocycles. The van der Waals surface area contributed by atoms with Gasteiger partial charge in [0.25, 0.3) is 0 Å². The predicted octanol–water partition coefficient (Wildman–Crippen LogP) is 4.81. The molecule has 1 aliphatic rings. The van der Waals surface area contributed by atoms with E-state index in [1.165, 1.54) is 0 Å². The number of hydrogen-bond acceptors (Lipinski definition) is 2. The average molecular weight is 377 g/mol. The molecule has 0 spiro atoms. The summed E-state index contributed by atoms with van der Waals surface area (Å²) in [4.78, 5) is 25.6. The Morgan fingerprint density at radius 1 is 0.821 bits per heavy atom. The Labute approximate surface area is 167 Å². The van der Waals surface area contributed by atoms with Gasteiger partial charge < -0.3 is 10.6 Å². The van der Waals surface area contributed by atoms with Gasteiger partial charge in [0.15, 0.2) is 0 Å². The Morgan fingerprint density at radius 3 is 1.57 bits per heavy atom. The highest BCUT2D eigenvalue weighted by atomic mass is 16.2. The first-order chi connectivity index (χ1) is 13.4. The highest BCUT2D eigenvalue weighted by molar-refractivity contribution is 6.08. The number of rotatable bonds is 6. The van der Waals surface area contributed by atoms with Crippen molar-refractivity contribution in [3.05, 3.63) is 70.8 Å². The monoisotopic (exact) mass is 376 g/mol. The summed E-state index contributed by atoms with van der Waals surface area (Å²) in [6.07, 6.45) is 1.67. The van der Waals surface area contributed by atoms with Gasteiger partial charge in [-0.1, -0.05) is 62.4 Å². The van der Waals surface area contributed by atoms with E-state index < -0.39 is 11.8 Å². The van der Waals surface area contributed by atoms with Gasteiger partial charge in [-0.2, -0.15) is 0 Å². The second kappa shape index (κ2) is 8.01. The zero-order chi connectivity index (χ0) is 20.4. The minimum absolute atomic E-state index is 0.158. The van der Waals surface area contributed by atoms with Gasteiger partial charge in [-0.25, -0.2) is 0 Å². The summed E-state index contributed by atoms with van der Waals surface area (Å²) in [7, 11) is 0. The van der Waals surface area contributed by atoms with Crippen LogP contribution in [0.3, 0.4) is 0 Å². The molecule has 0 saturated heterocycles. The van der Waals surface area contributed by atoms with E-state index in [4.69, 9.17) is 0 Å². The van der Waals surface area contributed by atoms with Crippen LogP contribution in [0.2, 0.25) is 0 Å². The number of carbonyl (C=O) groups is 2. The Bertz CT molecular complexity index is 870. The number of nitrogens with one attached hydrogen (secondary N) is 2. The maximum Gasteiger partial charge on any atom is 0.232 e. The summed E-state index contributed by atoms with van der Waals surface area (Å²) in [6, 6.07) is 12.0. The van der Waals surface area contributed by atoms with E-state index in [0.29, 0.717) is 5.57 Å². The lowest BCUT2D eigenvalue weighted by Gasteiger charge is -2.14. The first-order valence-electron chi connectivity index (χ1n) is 9.86. The molecule has 146 valence electrons. The lowest BCUT2D eigenvalue weighted by molar-refractivity contribution is -0.122. The predicted molar refractivity (Wildman–Crippen MR) is 114 cm³/mol. The Morgan fingerprint density at radius 2 is 1.21 bits per heavy atom. The topological polar surface area (TPSA) is 58.2 Å². The summed E-state index contributed by atoms with van der Waals surface area (Å²) in [6.45, 7) is 12.0. The van der Waals surface area contributed by atoms with Gasteiger partial charge >= 0.3 is 0 Å². The molecular weight excluding hydrogens is 348 g/mol. The fourth-order valence-corrected chi connectivity index (χ4v) is 3.76. The molecule has 1 aliphatic carbocycles. The van der Waals surface area contributed by atoms with Crippen LogP contribution in [0.4, 0.5) is 11.4 Å².